The summed E-state index contributed by atoms with van der Waals surface area (Å²) in [7, 11) is 0. The highest BCUT2D eigenvalue weighted by Gasteiger charge is 2.03. The number of para-hydroxylation sites is 1. The Bertz CT molecular complexity index is 490. The second kappa shape index (κ2) is 5.50. The van der Waals surface area contributed by atoms with Gasteiger partial charge in [-0.25, -0.2) is 4.98 Å². The largest absolute Gasteiger partial charge is 0.478 e. The first-order chi connectivity index (χ1) is 8.28. The molecule has 17 heavy (non-hydrogen) atoms. The SMILES string of the molecule is CCOc1cc(Cl)nc(Nc2ccccc2)n1. The van der Waals surface area contributed by atoms with Crippen LogP contribution in [0.25, 0.3) is 0 Å². The van der Waals surface area contributed by atoms with E-state index < -0.39 is 0 Å². The summed E-state index contributed by atoms with van der Waals surface area (Å²) in [5.74, 6) is 0.887. The van der Waals surface area contributed by atoms with Crippen molar-refractivity contribution in [3.63, 3.8) is 0 Å². The molecule has 0 aliphatic carbocycles. The van der Waals surface area contributed by atoms with Gasteiger partial charge in [0, 0.05) is 11.8 Å². The maximum absolute atomic E-state index is 5.88. The summed E-state index contributed by atoms with van der Waals surface area (Å²) >= 11 is 5.88. The highest BCUT2D eigenvalue weighted by Crippen LogP contribution is 2.19. The monoisotopic (exact) mass is 249 g/mol. The Morgan fingerprint density at radius 2 is 2.00 bits per heavy atom. The zero-order chi connectivity index (χ0) is 12.1. The standard InChI is InChI=1S/C12H12ClN3O/c1-2-17-11-8-10(13)15-12(16-11)14-9-6-4-3-5-7-9/h3-8H,2H2,1H3,(H,14,15,16). The lowest BCUT2D eigenvalue weighted by Crippen LogP contribution is -2.01. The first-order valence-corrected chi connectivity index (χ1v) is 5.65. The van der Waals surface area contributed by atoms with E-state index >= 15 is 0 Å². The molecule has 0 aliphatic heterocycles. The van der Waals surface area contributed by atoms with E-state index in [1.165, 1.54) is 0 Å². The smallest absolute Gasteiger partial charge is 0.231 e. The summed E-state index contributed by atoms with van der Waals surface area (Å²) in [6, 6.07) is 11.2. The first kappa shape index (κ1) is 11.7. The molecule has 0 fully saturated rings. The maximum atomic E-state index is 5.88. The summed E-state index contributed by atoms with van der Waals surface area (Å²) in [5, 5.41) is 3.41. The van der Waals surface area contributed by atoms with Crippen LogP contribution in [0.2, 0.25) is 5.15 Å². The number of anilines is 2. The lowest BCUT2D eigenvalue weighted by Gasteiger charge is -2.07. The van der Waals surface area contributed by atoms with E-state index in [4.69, 9.17) is 16.3 Å². The Hall–Kier alpha value is -1.81. The van der Waals surface area contributed by atoms with E-state index in [9.17, 15) is 0 Å². The molecule has 0 aliphatic rings. The van der Waals surface area contributed by atoms with Gasteiger partial charge in [-0.15, -0.1) is 0 Å². The number of nitrogens with one attached hydrogen (secondary N) is 1. The van der Waals surface area contributed by atoms with Gasteiger partial charge in [-0.1, -0.05) is 29.8 Å². The fourth-order valence-corrected chi connectivity index (χ4v) is 1.50. The van der Waals surface area contributed by atoms with E-state index in [2.05, 4.69) is 15.3 Å². The van der Waals surface area contributed by atoms with Crippen molar-refractivity contribution in [3.8, 4) is 5.88 Å². The summed E-state index contributed by atoms with van der Waals surface area (Å²) in [4.78, 5) is 8.26. The summed E-state index contributed by atoms with van der Waals surface area (Å²) in [6.45, 7) is 2.43. The van der Waals surface area contributed by atoms with Gasteiger partial charge >= 0.3 is 0 Å². The fourth-order valence-electron chi connectivity index (χ4n) is 1.33. The molecular weight excluding hydrogens is 238 g/mol. The number of hydrogen-bond acceptors (Lipinski definition) is 4. The molecule has 2 aromatic rings. The Labute approximate surface area is 105 Å². The van der Waals surface area contributed by atoms with Crippen LogP contribution in [-0.4, -0.2) is 16.6 Å². The molecular formula is C12H12ClN3O. The average Bonchev–Trinajstić information content (AvgIpc) is 2.30. The molecule has 0 atom stereocenters. The fraction of sp³-hybridized carbons (Fsp3) is 0.167. The van der Waals surface area contributed by atoms with E-state index in [0.29, 0.717) is 23.6 Å². The second-order valence-electron chi connectivity index (χ2n) is 3.28. The minimum atomic E-state index is 0.349. The van der Waals surface area contributed by atoms with Gasteiger partial charge in [0.1, 0.15) is 5.15 Å². The maximum Gasteiger partial charge on any atom is 0.231 e. The van der Waals surface area contributed by atoms with Gasteiger partial charge in [0.2, 0.25) is 11.8 Å². The zero-order valence-corrected chi connectivity index (χ0v) is 10.1. The van der Waals surface area contributed by atoms with Crippen LogP contribution in [0, 0.1) is 0 Å². The third kappa shape index (κ3) is 3.32. The lowest BCUT2D eigenvalue weighted by molar-refractivity contribution is 0.327. The Morgan fingerprint density at radius 1 is 1.24 bits per heavy atom. The molecule has 1 N–H and O–H groups in total. The predicted octanol–water partition coefficient (Wildman–Crippen LogP) is 3.27. The molecule has 88 valence electrons. The van der Waals surface area contributed by atoms with Gasteiger partial charge in [0.25, 0.3) is 0 Å². The predicted molar refractivity (Wildman–Crippen MR) is 67.9 cm³/mol. The average molecular weight is 250 g/mol. The first-order valence-electron chi connectivity index (χ1n) is 5.27. The van der Waals surface area contributed by atoms with Crippen LogP contribution >= 0.6 is 11.6 Å². The van der Waals surface area contributed by atoms with E-state index in [0.717, 1.165) is 5.69 Å². The van der Waals surface area contributed by atoms with Crippen LogP contribution < -0.4 is 10.1 Å². The van der Waals surface area contributed by atoms with Crippen molar-refractivity contribution in [3.05, 3.63) is 41.6 Å². The number of aromatic nitrogens is 2. The zero-order valence-electron chi connectivity index (χ0n) is 9.35. The third-order valence-electron chi connectivity index (χ3n) is 1.99. The van der Waals surface area contributed by atoms with Gasteiger partial charge < -0.3 is 10.1 Å². The summed E-state index contributed by atoms with van der Waals surface area (Å²) in [5.41, 5.74) is 0.900. The van der Waals surface area contributed by atoms with Gasteiger partial charge in [-0.05, 0) is 19.1 Å². The number of hydrogen-bond donors (Lipinski definition) is 1. The summed E-state index contributed by atoms with van der Waals surface area (Å²) in [6.07, 6.45) is 0. The van der Waals surface area contributed by atoms with E-state index in [1.54, 1.807) is 6.07 Å². The Morgan fingerprint density at radius 3 is 2.71 bits per heavy atom. The van der Waals surface area contributed by atoms with Crippen molar-refractivity contribution in [2.24, 2.45) is 0 Å². The van der Waals surface area contributed by atoms with Gasteiger partial charge in [-0.3, -0.25) is 0 Å². The number of halogens is 1. The molecule has 0 unspecified atom stereocenters. The second-order valence-corrected chi connectivity index (χ2v) is 3.66. The van der Waals surface area contributed by atoms with Gasteiger partial charge in [0.05, 0.1) is 6.61 Å². The topological polar surface area (TPSA) is 47.0 Å². The van der Waals surface area contributed by atoms with Crippen molar-refractivity contribution in [1.29, 1.82) is 0 Å². The number of ether oxygens (including phenoxy) is 1. The van der Waals surface area contributed by atoms with Crippen LogP contribution in [0.15, 0.2) is 36.4 Å². The van der Waals surface area contributed by atoms with Crippen molar-refractivity contribution < 1.29 is 4.74 Å². The molecule has 1 heterocycles. The molecule has 1 aromatic heterocycles. The molecule has 0 radical (unpaired) electrons. The van der Waals surface area contributed by atoms with Crippen LogP contribution in [0.1, 0.15) is 6.92 Å². The molecule has 5 heteroatoms. The lowest BCUT2D eigenvalue weighted by atomic mass is 10.3. The van der Waals surface area contributed by atoms with Crippen LogP contribution in [0.3, 0.4) is 0 Å². The van der Waals surface area contributed by atoms with Crippen molar-refractivity contribution in [2.45, 2.75) is 6.92 Å². The highest BCUT2D eigenvalue weighted by molar-refractivity contribution is 6.29. The number of nitrogens with zero attached hydrogens (tertiary/aromatic N) is 2. The van der Waals surface area contributed by atoms with E-state index in [1.807, 2.05) is 37.3 Å². The third-order valence-corrected chi connectivity index (χ3v) is 2.19. The Balaban J connectivity index is 2.21. The van der Waals surface area contributed by atoms with Crippen molar-refractivity contribution >= 4 is 23.2 Å². The minimum absolute atomic E-state index is 0.349. The van der Waals surface area contributed by atoms with E-state index in [-0.39, 0.29) is 0 Å². The van der Waals surface area contributed by atoms with Gasteiger partial charge in [-0.2, -0.15) is 4.98 Å². The van der Waals surface area contributed by atoms with Crippen LogP contribution in [-0.2, 0) is 0 Å². The van der Waals surface area contributed by atoms with Crippen molar-refractivity contribution in [1.82, 2.24) is 9.97 Å². The Kier molecular flexibility index (Phi) is 3.77. The highest BCUT2D eigenvalue weighted by atomic mass is 35.5. The normalized spacial score (nSPS) is 10.0. The molecule has 4 nitrogen and oxygen atoms in total. The molecule has 0 bridgehead atoms. The molecule has 0 saturated heterocycles. The van der Waals surface area contributed by atoms with Crippen LogP contribution in [0.5, 0.6) is 5.88 Å². The number of rotatable bonds is 4. The molecule has 0 amide bonds. The molecule has 2 rings (SSSR count). The number of benzene rings is 1. The minimum Gasteiger partial charge on any atom is -0.478 e. The molecule has 0 saturated carbocycles. The quantitative estimate of drug-likeness (QED) is 0.845. The van der Waals surface area contributed by atoms with Crippen LogP contribution in [0.4, 0.5) is 11.6 Å². The molecule has 1 aromatic carbocycles. The van der Waals surface area contributed by atoms with Gasteiger partial charge in [0.15, 0.2) is 0 Å². The summed E-state index contributed by atoms with van der Waals surface area (Å²) < 4.78 is 5.29. The molecule has 0 spiro atoms. The van der Waals surface area contributed by atoms with Crippen molar-refractivity contribution in [2.75, 3.05) is 11.9 Å².